The molecular formula is C18H18N2O. The van der Waals surface area contributed by atoms with Crippen LogP contribution in [0.25, 0.3) is 0 Å². The molecule has 2 heterocycles. The fourth-order valence-corrected chi connectivity index (χ4v) is 3.60. The molecule has 0 radical (unpaired) electrons. The second kappa shape index (κ2) is 4.62. The van der Waals surface area contributed by atoms with E-state index in [4.69, 9.17) is 0 Å². The van der Waals surface area contributed by atoms with Gasteiger partial charge in [0.1, 0.15) is 0 Å². The Labute approximate surface area is 124 Å². The van der Waals surface area contributed by atoms with Crippen molar-refractivity contribution in [3.8, 4) is 0 Å². The van der Waals surface area contributed by atoms with Crippen LogP contribution in [0.1, 0.15) is 24.4 Å². The van der Waals surface area contributed by atoms with E-state index in [0.29, 0.717) is 24.8 Å². The first kappa shape index (κ1) is 12.5. The van der Waals surface area contributed by atoms with Crippen LogP contribution in [0, 0.1) is 0 Å². The molecule has 0 N–H and O–H groups in total. The Hall–Kier alpha value is -2.29. The lowest BCUT2D eigenvalue weighted by atomic mass is 9.93. The van der Waals surface area contributed by atoms with Crippen molar-refractivity contribution in [2.24, 2.45) is 0 Å². The average Bonchev–Trinajstić information content (AvgIpc) is 2.63. The first-order valence-corrected chi connectivity index (χ1v) is 7.46. The molecule has 2 aromatic rings. The Morgan fingerprint density at radius 3 is 2.43 bits per heavy atom. The minimum atomic E-state index is 0.296. The van der Waals surface area contributed by atoms with Crippen molar-refractivity contribution in [3.05, 3.63) is 54.1 Å². The van der Waals surface area contributed by atoms with Crippen LogP contribution in [0.15, 0.2) is 48.5 Å². The van der Waals surface area contributed by atoms with E-state index in [1.165, 1.54) is 16.9 Å². The molecule has 106 valence electrons. The largest absolute Gasteiger partial charge is 0.355 e. The fraction of sp³-hybridized carbons (Fsp3) is 0.278. The van der Waals surface area contributed by atoms with Gasteiger partial charge >= 0.3 is 0 Å². The van der Waals surface area contributed by atoms with Gasteiger partial charge in [-0.3, -0.25) is 4.79 Å². The van der Waals surface area contributed by atoms with Crippen LogP contribution in [0.3, 0.4) is 0 Å². The molecular weight excluding hydrogens is 260 g/mol. The predicted octanol–water partition coefficient (Wildman–Crippen LogP) is 3.68. The Morgan fingerprint density at radius 2 is 1.62 bits per heavy atom. The molecule has 0 bridgehead atoms. The van der Waals surface area contributed by atoms with Gasteiger partial charge in [0, 0.05) is 19.2 Å². The fourth-order valence-electron chi connectivity index (χ4n) is 3.60. The van der Waals surface area contributed by atoms with Crippen molar-refractivity contribution < 1.29 is 4.79 Å². The normalized spacial score (nSPS) is 20.4. The number of carbonyl (C=O) groups is 1. The first-order valence-electron chi connectivity index (χ1n) is 7.46. The zero-order valence-corrected chi connectivity index (χ0v) is 12.1. The highest BCUT2D eigenvalue weighted by Crippen LogP contribution is 2.46. The van der Waals surface area contributed by atoms with Crippen LogP contribution in [0.4, 0.5) is 17.1 Å². The molecule has 1 fully saturated rings. The van der Waals surface area contributed by atoms with Gasteiger partial charge in [0.2, 0.25) is 0 Å². The van der Waals surface area contributed by atoms with Crippen LogP contribution in [0.5, 0.6) is 0 Å². The highest BCUT2D eigenvalue weighted by atomic mass is 16.1. The van der Waals surface area contributed by atoms with Gasteiger partial charge in [0.15, 0.2) is 5.78 Å². The van der Waals surface area contributed by atoms with E-state index in [1.807, 2.05) is 0 Å². The summed E-state index contributed by atoms with van der Waals surface area (Å²) in [5, 5.41) is 0. The second-order valence-corrected chi connectivity index (χ2v) is 5.83. The molecule has 3 heteroatoms. The van der Waals surface area contributed by atoms with Crippen LogP contribution >= 0.6 is 0 Å². The summed E-state index contributed by atoms with van der Waals surface area (Å²) in [6.07, 6.45) is 1.58. The Morgan fingerprint density at radius 1 is 0.952 bits per heavy atom. The molecule has 2 aliphatic rings. The van der Waals surface area contributed by atoms with Crippen LogP contribution in [-0.4, -0.2) is 19.4 Å². The van der Waals surface area contributed by atoms with Gasteiger partial charge in [-0.25, -0.2) is 0 Å². The van der Waals surface area contributed by atoms with E-state index in [2.05, 4.69) is 65.4 Å². The third-order valence-corrected chi connectivity index (χ3v) is 4.63. The SMILES string of the molecule is CN1c2ccccc2C2CCC(=O)CN2c2ccccc21. The van der Waals surface area contributed by atoms with Gasteiger partial charge in [0.25, 0.3) is 0 Å². The van der Waals surface area contributed by atoms with Gasteiger partial charge in [-0.05, 0) is 30.2 Å². The van der Waals surface area contributed by atoms with Crippen LogP contribution in [0.2, 0.25) is 0 Å². The topological polar surface area (TPSA) is 23.6 Å². The van der Waals surface area contributed by atoms with E-state index in [-0.39, 0.29) is 0 Å². The van der Waals surface area contributed by atoms with Crippen molar-refractivity contribution in [2.75, 3.05) is 23.4 Å². The van der Waals surface area contributed by atoms with E-state index in [1.54, 1.807) is 0 Å². The summed E-state index contributed by atoms with van der Waals surface area (Å²) in [6, 6.07) is 17.2. The molecule has 1 saturated heterocycles. The monoisotopic (exact) mass is 278 g/mol. The number of hydrogen-bond acceptors (Lipinski definition) is 3. The number of rotatable bonds is 0. The zero-order chi connectivity index (χ0) is 14.4. The molecule has 4 rings (SSSR count). The molecule has 0 amide bonds. The standard InChI is InChI=1S/C18H18N2O/c1-19-15-7-3-2-6-14(15)16-11-10-13(21)12-20(16)18-9-5-4-8-17(18)19/h2-9,16H,10-12H2,1H3. The summed E-state index contributed by atoms with van der Waals surface area (Å²) in [5.74, 6) is 0.336. The molecule has 2 aliphatic heterocycles. The molecule has 0 spiro atoms. The third-order valence-electron chi connectivity index (χ3n) is 4.63. The number of Topliss-reactive ketones (excluding diaryl/α,β-unsaturated/α-hetero) is 1. The van der Waals surface area contributed by atoms with E-state index >= 15 is 0 Å². The number of anilines is 3. The third kappa shape index (κ3) is 1.84. The smallest absolute Gasteiger partial charge is 0.152 e. The lowest BCUT2D eigenvalue weighted by Gasteiger charge is -2.36. The van der Waals surface area contributed by atoms with Crippen molar-refractivity contribution >= 4 is 22.8 Å². The molecule has 0 aromatic heterocycles. The summed E-state index contributed by atoms with van der Waals surface area (Å²) in [4.78, 5) is 16.5. The Bertz CT molecular complexity index is 710. The summed E-state index contributed by atoms with van der Waals surface area (Å²) >= 11 is 0. The highest BCUT2D eigenvalue weighted by Gasteiger charge is 2.34. The van der Waals surface area contributed by atoms with Gasteiger partial charge in [-0.2, -0.15) is 0 Å². The lowest BCUT2D eigenvalue weighted by Crippen LogP contribution is -2.38. The van der Waals surface area contributed by atoms with Crippen molar-refractivity contribution in [2.45, 2.75) is 18.9 Å². The number of nitrogens with zero attached hydrogens (tertiary/aromatic N) is 2. The number of piperidine rings is 1. The molecule has 1 atom stereocenters. The maximum absolute atomic E-state index is 12.0. The average molecular weight is 278 g/mol. The summed E-state index contributed by atoms with van der Waals surface area (Å²) in [6.45, 7) is 0.518. The molecule has 0 saturated carbocycles. The minimum Gasteiger partial charge on any atom is -0.355 e. The summed E-state index contributed by atoms with van der Waals surface area (Å²) in [7, 11) is 2.11. The predicted molar refractivity (Wildman–Crippen MR) is 85.3 cm³/mol. The molecule has 0 aliphatic carbocycles. The summed E-state index contributed by atoms with van der Waals surface area (Å²) in [5.41, 5.74) is 4.90. The maximum atomic E-state index is 12.0. The van der Waals surface area contributed by atoms with E-state index in [0.717, 1.165) is 12.1 Å². The number of hydrogen-bond donors (Lipinski definition) is 0. The van der Waals surface area contributed by atoms with Crippen LogP contribution in [-0.2, 0) is 4.79 Å². The number of para-hydroxylation sites is 3. The minimum absolute atomic E-state index is 0.296. The second-order valence-electron chi connectivity index (χ2n) is 5.83. The quantitative estimate of drug-likeness (QED) is 0.734. The van der Waals surface area contributed by atoms with Gasteiger partial charge in [-0.1, -0.05) is 30.3 Å². The van der Waals surface area contributed by atoms with Crippen LogP contribution < -0.4 is 9.80 Å². The molecule has 3 nitrogen and oxygen atoms in total. The van der Waals surface area contributed by atoms with Crippen molar-refractivity contribution in [1.29, 1.82) is 0 Å². The van der Waals surface area contributed by atoms with Gasteiger partial charge in [-0.15, -0.1) is 0 Å². The van der Waals surface area contributed by atoms with Crippen molar-refractivity contribution in [1.82, 2.24) is 0 Å². The molecule has 1 unspecified atom stereocenters. The first-order chi connectivity index (χ1) is 10.3. The highest BCUT2D eigenvalue weighted by molar-refractivity contribution is 5.90. The molecule has 2 aromatic carbocycles. The van der Waals surface area contributed by atoms with Gasteiger partial charge < -0.3 is 9.80 Å². The molecule has 21 heavy (non-hydrogen) atoms. The summed E-state index contributed by atoms with van der Waals surface area (Å²) < 4.78 is 0. The number of benzene rings is 2. The van der Waals surface area contributed by atoms with E-state index < -0.39 is 0 Å². The number of carbonyl (C=O) groups excluding carboxylic acids is 1. The Kier molecular flexibility index (Phi) is 2.74. The lowest BCUT2D eigenvalue weighted by molar-refractivity contribution is -0.118. The van der Waals surface area contributed by atoms with Gasteiger partial charge in [0.05, 0.1) is 24.0 Å². The maximum Gasteiger partial charge on any atom is 0.152 e. The zero-order valence-electron chi connectivity index (χ0n) is 12.1. The number of fused-ring (bicyclic) bond motifs is 5. The number of ketones is 1. The van der Waals surface area contributed by atoms with Crippen molar-refractivity contribution in [3.63, 3.8) is 0 Å². The Balaban J connectivity index is 1.97. The van der Waals surface area contributed by atoms with E-state index in [9.17, 15) is 4.79 Å².